The van der Waals surface area contributed by atoms with E-state index in [0.717, 1.165) is 0 Å². The minimum absolute atomic E-state index is 0.109. The summed E-state index contributed by atoms with van der Waals surface area (Å²) in [7, 11) is 2.99. The SMILES string of the molecule is COc1ccc(C(=O)OCC(=O)N(C)CC(=O)NC(C)(C)C)cc1Br. The highest BCUT2D eigenvalue weighted by atomic mass is 79.9. The average molecular weight is 415 g/mol. The van der Waals surface area contributed by atoms with Gasteiger partial charge in [-0.2, -0.15) is 0 Å². The Bertz CT molecular complexity index is 655. The second-order valence-electron chi connectivity index (χ2n) is 6.47. The number of halogens is 1. The predicted molar refractivity (Wildman–Crippen MR) is 96.5 cm³/mol. The number of nitrogens with one attached hydrogen (secondary N) is 1. The highest BCUT2D eigenvalue weighted by molar-refractivity contribution is 9.10. The average Bonchev–Trinajstić information content (AvgIpc) is 2.50. The number of rotatable bonds is 6. The minimum atomic E-state index is -0.635. The molecule has 0 saturated heterocycles. The summed E-state index contributed by atoms with van der Waals surface area (Å²) in [6.45, 7) is 4.99. The molecule has 0 unspecified atom stereocenters. The molecule has 2 amide bonds. The molecule has 8 heteroatoms. The number of hydrogen-bond acceptors (Lipinski definition) is 5. The van der Waals surface area contributed by atoms with E-state index in [4.69, 9.17) is 9.47 Å². The van der Waals surface area contributed by atoms with Crippen LogP contribution in [0.5, 0.6) is 5.75 Å². The summed E-state index contributed by atoms with van der Waals surface area (Å²) in [6.07, 6.45) is 0. The topological polar surface area (TPSA) is 84.9 Å². The summed E-state index contributed by atoms with van der Waals surface area (Å²) in [5.41, 5.74) is -0.0940. The Morgan fingerprint density at radius 1 is 1.24 bits per heavy atom. The van der Waals surface area contributed by atoms with Crippen molar-refractivity contribution in [2.24, 2.45) is 0 Å². The van der Waals surface area contributed by atoms with E-state index < -0.39 is 18.5 Å². The zero-order chi connectivity index (χ0) is 19.2. The fraction of sp³-hybridized carbons (Fsp3) is 0.471. The Morgan fingerprint density at radius 3 is 2.40 bits per heavy atom. The van der Waals surface area contributed by atoms with Gasteiger partial charge in [-0.25, -0.2) is 4.79 Å². The van der Waals surface area contributed by atoms with Crippen LogP contribution in [0.15, 0.2) is 22.7 Å². The van der Waals surface area contributed by atoms with E-state index >= 15 is 0 Å². The van der Waals surface area contributed by atoms with Gasteiger partial charge in [0.05, 0.1) is 23.7 Å². The Balaban J connectivity index is 2.53. The number of carbonyl (C=O) groups is 3. The second-order valence-corrected chi connectivity index (χ2v) is 7.33. The number of benzene rings is 1. The molecule has 0 spiro atoms. The maximum Gasteiger partial charge on any atom is 0.338 e. The van der Waals surface area contributed by atoms with Gasteiger partial charge in [-0.3, -0.25) is 9.59 Å². The first-order chi connectivity index (χ1) is 11.5. The first-order valence-electron chi connectivity index (χ1n) is 7.59. The molecule has 0 saturated carbocycles. The van der Waals surface area contributed by atoms with Crippen molar-refractivity contribution in [2.45, 2.75) is 26.3 Å². The number of hydrogen-bond donors (Lipinski definition) is 1. The Morgan fingerprint density at radius 2 is 1.88 bits per heavy atom. The molecule has 0 aliphatic carbocycles. The number of ether oxygens (including phenoxy) is 2. The van der Waals surface area contributed by atoms with Crippen LogP contribution in [0.25, 0.3) is 0 Å². The number of carbonyl (C=O) groups excluding carboxylic acids is 3. The van der Waals surface area contributed by atoms with Crippen molar-refractivity contribution in [3.05, 3.63) is 28.2 Å². The predicted octanol–water partition coefficient (Wildman–Crippen LogP) is 1.99. The molecule has 1 N–H and O–H groups in total. The summed E-state index contributed by atoms with van der Waals surface area (Å²) >= 11 is 3.28. The lowest BCUT2D eigenvalue weighted by Crippen LogP contribution is -2.46. The summed E-state index contributed by atoms with van der Waals surface area (Å²) in [4.78, 5) is 37.0. The molecule has 0 bridgehead atoms. The first-order valence-corrected chi connectivity index (χ1v) is 8.38. The van der Waals surface area contributed by atoms with Gasteiger partial charge in [-0.15, -0.1) is 0 Å². The monoisotopic (exact) mass is 414 g/mol. The van der Waals surface area contributed by atoms with E-state index in [1.54, 1.807) is 12.1 Å². The molecule has 7 nitrogen and oxygen atoms in total. The maximum absolute atomic E-state index is 12.0. The lowest BCUT2D eigenvalue weighted by atomic mass is 10.1. The van der Waals surface area contributed by atoms with Crippen LogP contribution in [0.4, 0.5) is 0 Å². The molecule has 0 aromatic heterocycles. The van der Waals surface area contributed by atoms with Gasteiger partial charge in [0, 0.05) is 12.6 Å². The van der Waals surface area contributed by atoms with Gasteiger partial charge in [0.1, 0.15) is 5.75 Å². The minimum Gasteiger partial charge on any atom is -0.496 e. The van der Waals surface area contributed by atoms with E-state index in [9.17, 15) is 14.4 Å². The van der Waals surface area contributed by atoms with Gasteiger partial charge in [0.2, 0.25) is 5.91 Å². The molecule has 0 aliphatic heterocycles. The van der Waals surface area contributed by atoms with Crippen LogP contribution in [0.3, 0.4) is 0 Å². The number of esters is 1. The van der Waals surface area contributed by atoms with E-state index in [-0.39, 0.29) is 23.6 Å². The number of amides is 2. The van der Waals surface area contributed by atoms with Crippen LogP contribution in [-0.2, 0) is 14.3 Å². The first kappa shape index (κ1) is 21.0. The van der Waals surface area contributed by atoms with Gasteiger partial charge >= 0.3 is 5.97 Å². The lowest BCUT2D eigenvalue weighted by molar-refractivity contribution is -0.137. The van der Waals surface area contributed by atoms with E-state index in [0.29, 0.717) is 10.2 Å². The second kappa shape index (κ2) is 8.84. The van der Waals surface area contributed by atoms with Gasteiger partial charge in [0.25, 0.3) is 5.91 Å². The van der Waals surface area contributed by atoms with E-state index in [1.807, 2.05) is 20.8 Å². The van der Waals surface area contributed by atoms with Crippen molar-refractivity contribution in [3.63, 3.8) is 0 Å². The third kappa shape index (κ3) is 7.13. The summed E-state index contributed by atoms with van der Waals surface area (Å²) in [6, 6.07) is 4.70. The maximum atomic E-state index is 12.0. The van der Waals surface area contributed by atoms with Crippen molar-refractivity contribution >= 4 is 33.7 Å². The van der Waals surface area contributed by atoms with Crippen LogP contribution >= 0.6 is 15.9 Å². The Hall–Kier alpha value is -2.09. The standard InChI is InChI=1S/C17H23BrN2O5/c1-17(2,3)19-14(21)9-20(4)15(22)10-25-16(23)11-6-7-13(24-5)12(18)8-11/h6-8H,9-10H2,1-5H3,(H,19,21). The quantitative estimate of drug-likeness (QED) is 0.719. The lowest BCUT2D eigenvalue weighted by Gasteiger charge is -2.23. The van der Waals surface area contributed by atoms with Crippen molar-refractivity contribution in [1.29, 1.82) is 0 Å². The molecule has 0 aliphatic rings. The van der Waals surface area contributed by atoms with Crippen LogP contribution in [0.2, 0.25) is 0 Å². The Kier molecular flexibility index (Phi) is 7.41. The molecular weight excluding hydrogens is 392 g/mol. The van der Waals surface area contributed by atoms with Crippen LogP contribution < -0.4 is 10.1 Å². The molecule has 1 rings (SSSR count). The molecule has 25 heavy (non-hydrogen) atoms. The molecular formula is C17H23BrN2O5. The highest BCUT2D eigenvalue weighted by Crippen LogP contribution is 2.25. The third-order valence-corrected chi connectivity index (χ3v) is 3.65. The van der Waals surface area contributed by atoms with Crippen molar-refractivity contribution in [1.82, 2.24) is 10.2 Å². The normalized spacial score (nSPS) is 10.8. The molecule has 0 radical (unpaired) electrons. The molecule has 0 atom stereocenters. The Labute approximate surface area is 155 Å². The fourth-order valence-electron chi connectivity index (χ4n) is 1.88. The molecule has 0 heterocycles. The van der Waals surface area contributed by atoms with Crippen molar-refractivity contribution in [3.8, 4) is 5.75 Å². The van der Waals surface area contributed by atoms with Crippen LogP contribution in [0, 0.1) is 0 Å². The number of methoxy groups -OCH3 is 1. The van der Waals surface area contributed by atoms with E-state index in [2.05, 4.69) is 21.2 Å². The summed E-state index contributed by atoms with van der Waals surface area (Å²) < 4.78 is 10.7. The van der Waals surface area contributed by atoms with Gasteiger partial charge in [-0.05, 0) is 54.9 Å². The summed E-state index contributed by atoms with van der Waals surface area (Å²) in [5.74, 6) is -0.805. The van der Waals surface area contributed by atoms with Crippen molar-refractivity contribution < 1.29 is 23.9 Å². The highest BCUT2D eigenvalue weighted by Gasteiger charge is 2.19. The van der Waals surface area contributed by atoms with Gasteiger partial charge in [0.15, 0.2) is 6.61 Å². The number of nitrogens with zero attached hydrogens (tertiary/aromatic N) is 1. The van der Waals surface area contributed by atoms with Crippen LogP contribution in [0.1, 0.15) is 31.1 Å². The zero-order valence-electron chi connectivity index (χ0n) is 15.0. The summed E-state index contributed by atoms with van der Waals surface area (Å²) in [5, 5.41) is 2.76. The number of likely N-dealkylation sites (N-methyl/N-ethyl adjacent to an activating group) is 1. The van der Waals surface area contributed by atoms with Gasteiger partial charge in [-0.1, -0.05) is 0 Å². The third-order valence-electron chi connectivity index (χ3n) is 3.04. The molecule has 1 aromatic carbocycles. The smallest absolute Gasteiger partial charge is 0.338 e. The van der Waals surface area contributed by atoms with Crippen molar-refractivity contribution in [2.75, 3.05) is 27.3 Å². The molecule has 1 aromatic rings. The van der Waals surface area contributed by atoms with E-state index in [1.165, 1.54) is 25.1 Å². The largest absolute Gasteiger partial charge is 0.496 e. The molecule has 0 fully saturated rings. The van der Waals surface area contributed by atoms with Crippen LogP contribution in [-0.4, -0.2) is 55.5 Å². The fourth-order valence-corrected chi connectivity index (χ4v) is 2.42. The zero-order valence-corrected chi connectivity index (χ0v) is 16.6. The van der Waals surface area contributed by atoms with Gasteiger partial charge < -0.3 is 19.7 Å². The molecule has 138 valence electrons.